The summed E-state index contributed by atoms with van der Waals surface area (Å²) in [6, 6.07) is 7.30. The molecular weight excluding hydrogens is 364 g/mol. The van der Waals surface area contributed by atoms with Crippen molar-refractivity contribution in [2.45, 2.75) is 44.3 Å². The van der Waals surface area contributed by atoms with Crippen molar-refractivity contribution in [3.63, 3.8) is 0 Å². The zero-order valence-electron chi connectivity index (χ0n) is 15.3. The fraction of sp³-hybridized carbons (Fsp3) is 0.368. The van der Waals surface area contributed by atoms with Crippen molar-refractivity contribution < 1.29 is 9.59 Å². The summed E-state index contributed by atoms with van der Waals surface area (Å²) >= 11 is 1.13. The highest BCUT2D eigenvalue weighted by Gasteiger charge is 2.23. The van der Waals surface area contributed by atoms with Gasteiger partial charge in [-0.25, -0.2) is 4.98 Å². The summed E-state index contributed by atoms with van der Waals surface area (Å²) in [5, 5.41) is 6.06. The number of H-pyrrole nitrogens is 1. The van der Waals surface area contributed by atoms with Gasteiger partial charge in [0.15, 0.2) is 5.16 Å². The van der Waals surface area contributed by atoms with Crippen LogP contribution in [0.1, 0.15) is 29.7 Å². The lowest BCUT2D eigenvalue weighted by Crippen LogP contribution is -2.28. The van der Waals surface area contributed by atoms with E-state index in [0.717, 1.165) is 41.4 Å². The molecule has 3 N–H and O–H groups in total. The first-order valence-electron chi connectivity index (χ1n) is 8.79. The van der Waals surface area contributed by atoms with Crippen LogP contribution in [0.2, 0.25) is 0 Å². The fourth-order valence-electron chi connectivity index (χ4n) is 2.52. The van der Waals surface area contributed by atoms with Crippen molar-refractivity contribution in [3.8, 4) is 0 Å². The number of thioether (sulfide) groups is 1. The summed E-state index contributed by atoms with van der Waals surface area (Å²) in [7, 11) is 0. The summed E-state index contributed by atoms with van der Waals surface area (Å²) in [6.07, 6.45) is 2.07. The number of carbonyl (C=O) groups excluding carboxylic acids is 2. The van der Waals surface area contributed by atoms with Crippen molar-refractivity contribution in [1.29, 1.82) is 0 Å². The Balaban J connectivity index is 1.58. The SMILES string of the molecule is Cc1cccc(NC(=O)CSc2nc(CC(=O)NC3CC3)cc(=O)[nH]2)c1C. The maximum atomic E-state index is 12.2. The number of nitrogens with zero attached hydrogens (tertiary/aromatic N) is 1. The van der Waals surface area contributed by atoms with Gasteiger partial charge >= 0.3 is 0 Å². The van der Waals surface area contributed by atoms with Crippen LogP contribution in [0.3, 0.4) is 0 Å². The molecule has 27 heavy (non-hydrogen) atoms. The van der Waals surface area contributed by atoms with Crippen molar-refractivity contribution in [2.75, 3.05) is 11.1 Å². The molecule has 0 saturated heterocycles. The van der Waals surface area contributed by atoms with Crippen LogP contribution in [0, 0.1) is 13.8 Å². The first kappa shape index (κ1) is 19.2. The third-order valence-corrected chi connectivity index (χ3v) is 5.15. The van der Waals surface area contributed by atoms with Gasteiger partial charge in [0.1, 0.15) is 0 Å². The Labute approximate surface area is 161 Å². The van der Waals surface area contributed by atoms with Crippen molar-refractivity contribution >= 4 is 29.3 Å². The smallest absolute Gasteiger partial charge is 0.251 e. The van der Waals surface area contributed by atoms with Crippen LogP contribution in [-0.2, 0) is 16.0 Å². The minimum absolute atomic E-state index is 0.0582. The maximum Gasteiger partial charge on any atom is 0.251 e. The van der Waals surface area contributed by atoms with Crippen molar-refractivity contribution in [3.05, 3.63) is 51.4 Å². The normalized spacial score (nSPS) is 13.3. The highest BCUT2D eigenvalue weighted by atomic mass is 32.2. The van der Waals surface area contributed by atoms with E-state index in [4.69, 9.17) is 0 Å². The van der Waals surface area contributed by atoms with Gasteiger partial charge in [-0.05, 0) is 43.9 Å². The minimum Gasteiger partial charge on any atom is -0.353 e. The van der Waals surface area contributed by atoms with E-state index in [1.165, 1.54) is 6.07 Å². The van der Waals surface area contributed by atoms with Gasteiger partial charge in [-0.15, -0.1) is 0 Å². The van der Waals surface area contributed by atoms with E-state index >= 15 is 0 Å². The average Bonchev–Trinajstić information content (AvgIpc) is 3.40. The molecule has 2 aromatic rings. The largest absolute Gasteiger partial charge is 0.353 e. The van der Waals surface area contributed by atoms with Crippen LogP contribution in [0.15, 0.2) is 34.2 Å². The van der Waals surface area contributed by atoms with Crippen molar-refractivity contribution in [1.82, 2.24) is 15.3 Å². The number of aromatic nitrogens is 2. The molecule has 2 amide bonds. The molecule has 7 nitrogen and oxygen atoms in total. The molecule has 1 aliphatic carbocycles. The first-order valence-corrected chi connectivity index (χ1v) is 9.78. The Hall–Kier alpha value is -2.61. The Morgan fingerprint density at radius 3 is 2.78 bits per heavy atom. The van der Waals surface area contributed by atoms with E-state index < -0.39 is 0 Å². The lowest BCUT2D eigenvalue weighted by Gasteiger charge is -2.10. The quantitative estimate of drug-likeness (QED) is 0.498. The number of carbonyl (C=O) groups is 2. The lowest BCUT2D eigenvalue weighted by molar-refractivity contribution is -0.120. The highest BCUT2D eigenvalue weighted by molar-refractivity contribution is 7.99. The predicted molar refractivity (Wildman–Crippen MR) is 105 cm³/mol. The predicted octanol–water partition coefficient (Wildman–Crippen LogP) is 1.94. The molecule has 3 rings (SSSR count). The van der Waals surface area contributed by atoms with Crippen molar-refractivity contribution in [2.24, 2.45) is 0 Å². The van der Waals surface area contributed by atoms with Gasteiger partial charge in [0.25, 0.3) is 5.56 Å². The summed E-state index contributed by atoms with van der Waals surface area (Å²) in [5.74, 6) is -0.221. The van der Waals surface area contributed by atoms with Crippen LogP contribution in [-0.4, -0.2) is 33.6 Å². The average molecular weight is 386 g/mol. The number of nitrogens with one attached hydrogen (secondary N) is 3. The fourth-order valence-corrected chi connectivity index (χ4v) is 3.21. The Kier molecular flexibility index (Phi) is 5.95. The number of anilines is 1. The molecule has 0 spiro atoms. The van der Waals surface area contributed by atoms with E-state index in [2.05, 4.69) is 20.6 Å². The molecule has 0 aliphatic heterocycles. The van der Waals surface area contributed by atoms with E-state index in [-0.39, 0.29) is 35.6 Å². The molecule has 1 saturated carbocycles. The number of benzene rings is 1. The molecule has 0 radical (unpaired) electrons. The Bertz CT molecular complexity index is 921. The van der Waals surface area contributed by atoms with Crippen LogP contribution in [0.4, 0.5) is 5.69 Å². The summed E-state index contributed by atoms with van der Waals surface area (Å²) in [5.41, 5.74) is 2.95. The molecule has 1 aromatic heterocycles. The van der Waals surface area contributed by atoms with E-state index in [9.17, 15) is 14.4 Å². The molecule has 142 valence electrons. The zero-order chi connectivity index (χ0) is 19.4. The highest BCUT2D eigenvalue weighted by Crippen LogP contribution is 2.20. The zero-order valence-corrected chi connectivity index (χ0v) is 16.1. The molecular formula is C19H22N4O3S. The standard InChI is InChI=1S/C19H22N4O3S/c1-11-4-3-5-15(12(11)2)22-18(26)10-27-19-21-14(9-17(25)23-19)8-16(24)20-13-6-7-13/h3-5,9,13H,6-8,10H2,1-2H3,(H,20,24)(H,22,26)(H,21,23,25). The molecule has 1 heterocycles. The van der Waals surface area contributed by atoms with Crippen LogP contribution >= 0.6 is 11.8 Å². The van der Waals surface area contributed by atoms with Gasteiger partial charge in [0.2, 0.25) is 11.8 Å². The Morgan fingerprint density at radius 2 is 2.04 bits per heavy atom. The van der Waals surface area contributed by atoms with Crippen LogP contribution in [0.25, 0.3) is 0 Å². The third kappa shape index (κ3) is 5.68. The summed E-state index contributed by atoms with van der Waals surface area (Å²) in [4.78, 5) is 42.8. The molecule has 8 heteroatoms. The number of hydrogen-bond donors (Lipinski definition) is 3. The van der Waals surface area contributed by atoms with Crippen LogP contribution in [0.5, 0.6) is 0 Å². The van der Waals surface area contributed by atoms with Crippen LogP contribution < -0.4 is 16.2 Å². The second-order valence-corrected chi connectivity index (χ2v) is 7.61. The van der Waals surface area contributed by atoms with Gasteiger partial charge in [-0.1, -0.05) is 23.9 Å². The van der Waals surface area contributed by atoms with E-state index in [0.29, 0.717) is 10.9 Å². The molecule has 0 bridgehead atoms. The van der Waals surface area contributed by atoms with Gasteiger partial charge in [0.05, 0.1) is 17.9 Å². The third-order valence-electron chi connectivity index (χ3n) is 4.28. The Morgan fingerprint density at radius 1 is 1.26 bits per heavy atom. The molecule has 0 unspecified atom stereocenters. The first-order chi connectivity index (χ1) is 12.9. The van der Waals surface area contributed by atoms with E-state index in [1.54, 1.807) is 0 Å². The number of amides is 2. The van der Waals surface area contributed by atoms with Gasteiger partial charge in [-0.3, -0.25) is 14.4 Å². The number of hydrogen-bond acceptors (Lipinski definition) is 5. The topological polar surface area (TPSA) is 104 Å². The molecule has 0 atom stereocenters. The van der Waals surface area contributed by atoms with E-state index in [1.807, 2.05) is 32.0 Å². The van der Waals surface area contributed by atoms with Gasteiger partial charge < -0.3 is 15.6 Å². The molecule has 1 aliphatic rings. The summed E-state index contributed by atoms with van der Waals surface area (Å²) < 4.78 is 0. The second kappa shape index (κ2) is 8.39. The lowest BCUT2D eigenvalue weighted by atomic mass is 10.1. The molecule has 1 fully saturated rings. The summed E-state index contributed by atoms with van der Waals surface area (Å²) in [6.45, 7) is 3.94. The molecule has 1 aromatic carbocycles. The monoisotopic (exact) mass is 386 g/mol. The van der Waals surface area contributed by atoms with Gasteiger partial charge in [0, 0.05) is 17.8 Å². The number of aromatic amines is 1. The minimum atomic E-state index is -0.336. The maximum absolute atomic E-state index is 12.2. The number of aryl methyl sites for hydroxylation is 1. The number of rotatable bonds is 7. The van der Waals surface area contributed by atoms with Gasteiger partial charge in [-0.2, -0.15) is 0 Å². The second-order valence-electron chi connectivity index (χ2n) is 6.64.